The largest absolute Gasteiger partial charge is 0.460 e. The molecule has 2 aromatic carbocycles. The molecule has 1 atom stereocenters. The highest BCUT2D eigenvalue weighted by atomic mass is 16.7. The third-order valence-electron chi connectivity index (χ3n) is 5.25. The first-order valence-corrected chi connectivity index (χ1v) is 10.6. The van der Waals surface area contributed by atoms with E-state index in [1.54, 1.807) is 20.8 Å². The summed E-state index contributed by atoms with van der Waals surface area (Å²) in [6, 6.07) is 15.5. The highest BCUT2D eigenvalue weighted by molar-refractivity contribution is 5.79. The number of carbonyl (C=O) groups is 2. The number of hydrogen-bond acceptors (Lipinski definition) is 6. The Kier molecular flexibility index (Phi) is 7.53. The zero-order valence-electron chi connectivity index (χ0n) is 19.2. The first-order chi connectivity index (χ1) is 15.2. The number of rotatable bonds is 8. The Bertz CT molecular complexity index is 902. The molecule has 0 unspecified atom stereocenters. The molecule has 0 saturated carbocycles. The van der Waals surface area contributed by atoms with Crippen LogP contribution in [-0.2, 0) is 23.7 Å². The van der Waals surface area contributed by atoms with Crippen LogP contribution in [0.2, 0.25) is 0 Å². The van der Waals surface area contributed by atoms with Gasteiger partial charge in [0.2, 0.25) is 0 Å². The monoisotopic (exact) mass is 441 g/mol. The average Bonchev–Trinajstić information content (AvgIpc) is 3.05. The number of esters is 1. The Balaban J connectivity index is 1.67. The van der Waals surface area contributed by atoms with Gasteiger partial charge in [-0.3, -0.25) is 4.79 Å². The summed E-state index contributed by atoms with van der Waals surface area (Å²) >= 11 is 0. The summed E-state index contributed by atoms with van der Waals surface area (Å²) in [5.74, 6) is -0.529. The molecule has 0 aromatic heterocycles. The number of hydrogen-bond donors (Lipinski definition) is 1. The normalized spacial score (nSPS) is 13.9. The van der Waals surface area contributed by atoms with Crippen molar-refractivity contribution in [3.63, 3.8) is 0 Å². The van der Waals surface area contributed by atoms with Crippen LogP contribution >= 0.6 is 0 Å². The minimum atomic E-state index is -0.831. The van der Waals surface area contributed by atoms with Crippen LogP contribution in [0.25, 0.3) is 11.1 Å². The van der Waals surface area contributed by atoms with E-state index in [2.05, 4.69) is 29.6 Å². The smallest absolute Gasteiger partial charge is 0.407 e. The minimum Gasteiger partial charge on any atom is -0.460 e. The van der Waals surface area contributed by atoms with E-state index >= 15 is 0 Å². The number of carbonyl (C=O) groups excluding carboxylic acids is 2. The standard InChI is InChI=1S/C25H31NO6/c1-25(2,3)32-22(27)14-21(23(29-4)30-5)26-24(28)31-15-20-18-12-8-6-10-16(18)17-11-7-9-13-19(17)20/h6-13,20-21,23H,14-15H2,1-5H3,(H,26,28)/t21-/m0/s1. The van der Waals surface area contributed by atoms with Gasteiger partial charge in [-0.25, -0.2) is 4.79 Å². The van der Waals surface area contributed by atoms with Gasteiger partial charge in [0, 0.05) is 20.1 Å². The Hall–Kier alpha value is -2.90. The molecule has 0 saturated heterocycles. The summed E-state index contributed by atoms with van der Waals surface area (Å²) in [6.45, 7) is 5.51. The molecule has 7 nitrogen and oxygen atoms in total. The van der Waals surface area contributed by atoms with Crippen molar-refractivity contribution in [2.24, 2.45) is 0 Å². The van der Waals surface area contributed by atoms with Gasteiger partial charge in [0.25, 0.3) is 0 Å². The topological polar surface area (TPSA) is 83.1 Å². The van der Waals surface area contributed by atoms with Crippen LogP contribution in [0, 0.1) is 0 Å². The van der Waals surface area contributed by atoms with Gasteiger partial charge in [-0.15, -0.1) is 0 Å². The lowest BCUT2D eigenvalue weighted by Gasteiger charge is -2.27. The number of fused-ring (bicyclic) bond motifs is 3. The van der Waals surface area contributed by atoms with Crippen LogP contribution in [0.15, 0.2) is 48.5 Å². The minimum absolute atomic E-state index is 0.0573. The molecule has 7 heteroatoms. The van der Waals surface area contributed by atoms with Crippen LogP contribution in [0.3, 0.4) is 0 Å². The van der Waals surface area contributed by atoms with Crippen LogP contribution in [0.5, 0.6) is 0 Å². The van der Waals surface area contributed by atoms with Crippen molar-refractivity contribution < 1.29 is 28.5 Å². The second kappa shape index (κ2) is 10.1. The van der Waals surface area contributed by atoms with E-state index in [0.717, 1.165) is 22.3 Å². The molecule has 1 amide bonds. The van der Waals surface area contributed by atoms with Crippen molar-refractivity contribution in [1.82, 2.24) is 5.32 Å². The highest BCUT2D eigenvalue weighted by Gasteiger charge is 2.31. The maximum absolute atomic E-state index is 12.6. The van der Waals surface area contributed by atoms with E-state index in [4.69, 9.17) is 18.9 Å². The molecule has 32 heavy (non-hydrogen) atoms. The molecule has 1 N–H and O–H groups in total. The van der Waals surface area contributed by atoms with Gasteiger partial charge < -0.3 is 24.3 Å². The highest BCUT2D eigenvalue weighted by Crippen LogP contribution is 2.44. The fourth-order valence-electron chi connectivity index (χ4n) is 3.99. The molecule has 2 aromatic rings. The molecule has 1 aliphatic carbocycles. The Morgan fingerprint density at radius 1 is 0.938 bits per heavy atom. The summed E-state index contributed by atoms with van der Waals surface area (Å²) in [5.41, 5.74) is 3.91. The van der Waals surface area contributed by atoms with Crippen molar-refractivity contribution in [1.29, 1.82) is 0 Å². The number of benzene rings is 2. The molecule has 0 fully saturated rings. The third kappa shape index (κ3) is 5.66. The summed E-state index contributed by atoms with van der Waals surface area (Å²) in [4.78, 5) is 24.9. The maximum atomic E-state index is 12.6. The Morgan fingerprint density at radius 2 is 1.47 bits per heavy atom. The number of alkyl carbamates (subject to hydrolysis) is 1. The van der Waals surface area contributed by atoms with Crippen molar-refractivity contribution >= 4 is 12.1 Å². The molecule has 172 valence electrons. The van der Waals surface area contributed by atoms with E-state index in [1.807, 2.05) is 24.3 Å². The van der Waals surface area contributed by atoms with Crippen molar-refractivity contribution in [3.05, 3.63) is 59.7 Å². The summed E-state index contributed by atoms with van der Waals surface area (Å²) in [5, 5.41) is 2.70. The second-order valence-electron chi connectivity index (χ2n) is 8.71. The number of amides is 1. The Morgan fingerprint density at radius 3 is 1.97 bits per heavy atom. The quantitative estimate of drug-likeness (QED) is 0.487. The van der Waals surface area contributed by atoms with Crippen LogP contribution in [0.4, 0.5) is 4.79 Å². The lowest BCUT2D eigenvalue weighted by Crippen LogP contribution is -2.47. The molecular formula is C25H31NO6. The number of ether oxygens (including phenoxy) is 4. The van der Waals surface area contributed by atoms with Crippen LogP contribution in [-0.4, -0.2) is 50.8 Å². The molecular weight excluding hydrogens is 410 g/mol. The van der Waals surface area contributed by atoms with Crippen LogP contribution in [0.1, 0.15) is 44.2 Å². The van der Waals surface area contributed by atoms with E-state index in [-0.39, 0.29) is 18.9 Å². The zero-order chi connectivity index (χ0) is 23.3. The average molecular weight is 442 g/mol. The molecule has 1 aliphatic rings. The molecule has 0 radical (unpaired) electrons. The second-order valence-corrected chi connectivity index (χ2v) is 8.71. The first kappa shape index (κ1) is 23.8. The third-order valence-corrected chi connectivity index (χ3v) is 5.25. The Labute approximate surface area is 189 Å². The van der Waals surface area contributed by atoms with Crippen LogP contribution < -0.4 is 5.32 Å². The first-order valence-electron chi connectivity index (χ1n) is 10.6. The number of nitrogens with one attached hydrogen (secondary N) is 1. The lowest BCUT2D eigenvalue weighted by atomic mass is 9.98. The summed E-state index contributed by atoms with van der Waals surface area (Å²) < 4.78 is 21.5. The lowest BCUT2D eigenvalue weighted by molar-refractivity contribution is -0.162. The summed E-state index contributed by atoms with van der Waals surface area (Å²) in [6.07, 6.45) is -1.60. The van der Waals surface area contributed by atoms with Gasteiger partial charge >= 0.3 is 12.1 Å². The molecule has 0 spiro atoms. The predicted molar refractivity (Wildman–Crippen MR) is 120 cm³/mol. The number of methoxy groups -OCH3 is 2. The SMILES string of the molecule is COC(OC)[C@H](CC(=O)OC(C)(C)C)NC(=O)OCC1c2ccccc2-c2ccccc21. The van der Waals surface area contributed by atoms with Gasteiger partial charge in [-0.2, -0.15) is 0 Å². The van der Waals surface area contributed by atoms with E-state index in [1.165, 1.54) is 14.2 Å². The van der Waals surface area contributed by atoms with Crippen molar-refractivity contribution in [2.75, 3.05) is 20.8 Å². The van der Waals surface area contributed by atoms with Gasteiger partial charge in [0.05, 0.1) is 12.5 Å². The van der Waals surface area contributed by atoms with Crippen molar-refractivity contribution in [2.45, 2.75) is 51.0 Å². The zero-order valence-corrected chi connectivity index (χ0v) is 19.2. The molecule has 0 aliphatic heterocycles. The van der Waals surface area contributed by atoms with Gasteiger partial charge in [0.1, 0.15) is 12.2 Å². The van der Waals surface area contributed by atoms with E-state index in [0.29, 0.717) is 0 Å². The summed E-state index contributed by atoms with van der Waals surface area (Å²) in [7, 11) is 2.88. The van der Waals surface area contributed by atoms with Crippen molar-refractivity contribution in [3.8, 4) is 11.1 Å². The molecule has 0 heterocycles. The fourth-order valence-corrected chi connectivity index (χ4v) is 3.99. The van der Waals surface area contributed by atoms with E-state index in [9.17, 15) is 9.59 Å². The maximum Gasteiger partial charge on any atom is 0.407 e. The van der Waals surface area contributed by atoms with Gasteiger partial charge in [-0.05, 0) is 43.0 Å². The van der Waals surface area contributed by atoms with Gasteiger partial charge in [-0.1, -0.05) is 48.5 Å². The van der Waals surface area contributed by atoms with Gasteiger partial charge in [0.15, 0.2) is 6.29 Å². The van der Waals surface area contributed by atoms with E-state index < -0.39 is 30.0 Å². The molecule has 3 rings (SSSR count). The predicted octanol–water partition coefficient (Wildman–Crippen LogP) is 4.24. The fraction of sp³-hybridized carbons (Fsp3) is 0.440. The molecule has 0 bridgehead atoms.